The second kappa shape index (κ2) is 2.45. The summed E-state index contributed by atoms with van der Waals surface area (Å²) in [7, 11) is 0. The van der Waals surface area contributed by atoms with Crippen molar-refractivity contribution in [2.24, 2.45) is 0 Å². The van der Waals surface area contributed by atoms with Crippen LogP contribution in [0.4, 0.5) is 0 Å². The Kier molecular flexibility index (Phi) is 1.82. The number of carbonyl (C=O) groups excluding carboxylic acids is 1. The van der Waals surface area contributed by atoms with E-state index in [1.165, 1.54) is 16.7 Å². The molecule has 1 aromatic heterocycles. The lowest BCUT2D eigenvalue weighted by atomic mass is 10.5. The van der Waals surface area contributed by atoms with Gasteiger partial charge < -0.3 is 9.90 Å². The molecule has 5 heteroatoms. The Morgan fingerprint density at radius 2 is 2.56 bits per heavy atom. The van der Waals surface area contributed by atoms with Crippen LogP contribution in [-0.2, 0) is 0 Å². The topological polar surface area (TPSA) is 53.0 Å². The SMILES string of the molecule is O=C([O-])c1csc(Br)n1. The summed E-state index contributed by atoms with van der Waals surface area (Å²) in [5, 5.41) is 11.4. The molecule has 1 heterocycles. The van der Waals surface area contributed by atoms with E-state index in [2.05, 4.69) is 20.9 Å². The molecule has 0 atom stereocenters. The summed E-state index contributed by atoms with van der Waals surface area (Å²) in [5.41, 5.74) is -0.0214. The second-order valence-electron chi connectivity index (χ2n) is 1.27. The summed E-state index contributed by atoms with van der Waals surface area (Å²) in [6.45, 7) is 0. The summed E-state index contributed by atoms with van der Waals surface area (Å²) >= 11 is 4.23. The number of halogens is 1. The molecule has 0 unspecified atom stereocenters. The van der Waals surface area contributed by atoms with Crippen LogP contribution in [0.25, 0.3) is 0 Å². The largest absolute Gasteiger partial charge is 0.543 e. The number of hydrogen-bond donors (Lipinski definition) is 0. The van der Waals surface area contributed by atoms with Crippen molar-refractivity contribution in [3.8, 4) is 0 Å². The van der Waals surface area contributed by atoms with Gasteiger partial charge in [-0.25, -0.2) is 4.98 Å². The lowest BCUT2D eigenvalue weighted by molar-refractivity contribution is -0.255. The minimum Gasteiger partial charge on any atom is -0.543 e. The Balaban J connectivity index is 2.98. The molecule has 1 rings (SSSR count). The van der Waals surface area contributed by atoms with Crippen LogP contribution in [0.1, 0.15) is 10.5 Å². The summed E-state index contributed by atoms with van der Waals surface area (Å²) in [6.07, 6.45) is 0. The molecule has 0 aromatic carbocycles. The van der Waals surface area contributed by atoms with Crippen molar-refractivity contribution >= 4 is 33.2 Å². The molecule has 0 fully saturated rings. The Labute approximate surface area is 63.5 Å². The molecule has 0 radical (unpaired) electrons. The quantitative estimate of drug-likeness (QED) is 0.664. The molecule has 0 aliphatic carbocycles. The van der Waals surface area contributed by atoms with Gasteiger partial charge in [0.25, 0.3) is 0 Å². The van der Waals surface area contributed by atoms with E-state index >= 15 is 0 Å². The van der Waals surface area contributed by atoms with Crippen molar-refractivity contribution in [2.45, 2.75) is 0 Å². The second-order valence-corrected chi connectivity index (χ2v) is 3.41. The zero-order valence-electron chi connectivity index (χ0n) is 4.13. The molecule has 0 aliphatic rings. The Morgan fingerprint density at radius 3 is 2.78 bits per heavy atom. The molecule has 0 N–H and O–H groups in total. The first-order valence-corrected chi connectivity index (χ1v) is 3.70. The zero-order chi connectivity index (χ0) is 6.85. The standard InChI is InChI=1S/C4H2BrNO2S/c5-4-6-2(1-9-4)3(7)8/h1H,(H,7,8)/p-1. The summed E-state index contributed by atoms with van der Waals surface area (Å²) < 4.78 is 0.557. The predicted molar refractivity (Wildman–Crippen MR) is 34.1 cm³/mol. The Hall–Kier alpha value is -0.420. The average Bonchev–Trinajstić information content (AvgIpc) is 2.14. The molecule has 48 valence electrons. The molecule has 0 spiro atoms. The van der Waals surface area contributed by atoms with E-state index in [9.17, 15) is 9.90 Å². The number of nitrogens with zero attached hydrogens (tertiary/aromatic N) is 1. The van der Waals surface area contributed by atoms with Gasteiger partial charge in [-0.3, -0.25) is 0 Å². The van der Waals surface area contributed by atoms with Crippen molar-refractivity contribution in [1.82, 2.24) is 4.98 Å². The minimum absolute atomic E-state index is 0.0214. The van der Waals surface area contributed by atoms with Gasteiger partial charge >= 0.3 is 0 Å². The van der Waals surface area contributed by atoms with E-state index in [-0.39, 0.29) is 5.69 Å². The van der Waals surface area contributed by atoms with Gasteiger partial charge in [0, 0.05) is 5.38 Å². The fraction of sp³-hybridized carbons (Fsp3) is 0. The first-order valence-electron chi connectivity index (χ1n) is 2.02. The number of rotatable bonds is 1. The van der Waals surface area contributed by atoms with E-state index < -0.39 is 5.97 Å². The highest BCUT2D eigenvalue weighted by Crippen LogP contribution is 2.14. The Morgan fingerprint density at radius 1 is 1.89 bits per heavy atom. The number of aromatic nitrogens is 1. The maximum Gasteiger partial charge on any atom is 0.159 e. The third-order valence-corrected chi connectivity index (χ3v) is 2.05. The van der Waals surface area contributed by atoms with E-state index in [0.717, 1.165) is 0 Å². The summed E-state index contributed by atoms with van der Waals surface area (Å²) in [5.74, 6) is -1.24. The first-order chi connectivity index (χ1) is 4.20. The molecule has 3 nitrogen and oxygen atoms in total. The maximum atomic E-state index is 10.0. The number of hydrogen-bond acceptors (Lipinski definition) is 4. The van der Waals surface area contributed by atoms with Crippen LogP contribution >= 0.6 is 27.3 Å². The molecule has 1 aromatic rings. The molecular formula is C4HBrNO2S-. The fourth-order valence-corrected chi connectivity index (χ4v) is 1.33. The van der Waals surface area contributed by atoms with Crippen molar-refractivity contribution in [2.75, 3.05) is 0 Å². The van der Waals surface area contributed by atoms with Crippen LogP contribution in [-0.4, -0.2) is 11.0 Å². The Bertz CT molecular complexity index is 234. The third-order valence-electron chi connectivity index (χ3n) is 0.685. The first kappa shape index (κ1) is 6.70. The van der Waals surface area contributed by atoms with E-state index in [1.807, 2.05) is 0 Å². The zero-order valence-corrected chi connectivity index (χ0v) is 6.53. The van der Waals surface area contributed by atoms with Crippen LogP contribution in [0.3, 0.4) is 0 Å². The van der Waals surface area contributed by atoms with Gasteiger partial charge in [0.1, 0.15) is 0 Å². The van der Waals surface area contributed by atoms with E-state index in [4.69, 9.17) is 0 Å². The van der Waals surface area contributed by atoms with Crippen molar-refractivity contribution < 1.29 is 9.90 Å². The van der Waals surface area contributed by atoms with Crippen LogP contribution in [0.2, 0.25) is 0 Å². The van der Waals surface area contributed by atoms with Crippen molar-refractivity contribution in [1.29, 1.82) is 0 Å². The molecule has 9 heavy (non-hydrogen) atoms. The predicted octanol–water partition coefficient (Wildman–Crippen LogP) is 0.269. The van der Waals surface area contributed by atoms with E-state index in [1.54, 1.807) is 0 Å². The number of aromatic carboxylic acids is 1. The molecule has 0 aliphatic heterocycles. The van der Waals surface area contributed by atoms with Gasteiger partial charge in [-0.05, 0) is 15.9 Å². The van der Waals surface area contributed by atoms with Gasteiger partial charge in [-0.15, -0.1) is 11.3 Å². The monoisotopic (exact) mass is 206 g/mol. The smallest absolute Gasteiger partial charge is 0.159 e. The lowest BCUT2D eigenvalue weighted by Gasteiger charge is -1.90. The lowest BCUT2D eigenvalue weighted by Crippen LogP contribution is -2.22. The van der Waals surface area contributed by atoms with Crippen LogP contribution in [0.15, 0.2) is 9.30 Å². The number of carbonyl (C=O) groups is 1. The van der Waals surface area contributed by atoms with E-state index in [0.29, 0.717) is 3.92 Å². The van der Waals surface area contributed by atoms with Gasteiger partial charge in [-0.1, -0.05) is 0 Å². The van der Waals surface area contributed by atoms with Crippen LogP contribution in [0.5, 0.6) is 0 Å². The maximum absolute atomic E-state index is 10.0. The normalized spacial score (nSPS) is 9.44. The highest BCUT2D eigenvalue weighted by atomic mass is 79.9. The number of carboxylic acid groups (broad SMARTS) is 1. The summed E-state index contributed by atoms with van der Waals surface area (Å²) in [4.78, 5) is 13.6. The van der Waals surface area contributed by atoms with Gasteiger partial charge in [0.05, 0.1) is 11.7 Å². The highest BCUT2D eigenvalue weighted by molar-refractivity contribution is 9.11. The fourth-order valence-electron chi connectivity index (χ4n) is 0.346. The van der Waals surface area contributed by atoms with Gasteiger partial charge in [0.2, 0.25) is 0 Å². The van der Waals surface area contributed by atoms with Gasteiger partial charge in [-0.2, -0.15) is 0 Å². The molecule has 0 saturated heterocycles. The minimum atomic E-state index is -1.24. The number of carboxylic acids is 1. The van der Waals surface area contributed by atoms with Crippen molar-refractivity contribution in [3.05, 3.63) is 15.0 Å². The molecule has 0 amide bonds. The van der Waals surface area contributed by atoms with Crippen LogP contribution in [0, 0.1) is 0 Å². The third kappa shape index (κ3) is 1.49. The average molecular weight is 207 g/mol. The number of thiazole rings is 1. The molecule has 0 bridgehead atoms. The van der Waals surface area contributed by atoms with Crippen LogP contribution < -0.4 is 5.11 Å². The van der Waals surface area contributed by atoms with Crippen molar-refractivity contribution in [3.63, 3.8) is 0 Å². The molecular weight excluding hydrogens is 206 g/mol. The molecule has 0 saturated carbocycles. The highest BCUT2D eigenvalue weighted by Gasteiger charge is 1.97. The summed E-state index contributed by atoms with van der Waals surface area (Å²) in [6, 6.07) is 0. The van der Waals surface area contributed by atoms with Gasteiger partial charge in [0.15, 0.2) is 3.92 Å².